The number of ether oxygens (including phenoxy) is 1. The van der Waals surface area contributed by atoms with Gasteiger partial charge in [0.05, 0.1) is 17.6 Å². The van der Waals surface area contributed by atoms with Gasteiger partial charge in [0.1, 0.15) is 12.4 Å². The van der Waals surface area contributed by atoms with Crippen molar-refractivity contribution >= 4 is 40.2 Å². The van der Waals surface area contributed by atoms with Crippen LogP contribution in [0.25, 0.3) is 11.0 Å². The normalized spacial score (nSPS) is 10.9. The summed E-state index contributed by atoms with van der Waals surface area (Å²) in [6, 6.07) is 13.2. The van der Waals surface area contributed by atoms with Crippen LogP contribution in [0.3, 0.4) is 0 Å². The molecule has 0 amide bonds. The number of aromatic nitrogens is 2. The van der Waals surface area contributed by atoms with Crippen LogP contribution in [0.1, 0.15) is 18.3 Å². The Hall–Kier alpha value is -2.04. The molecule has 3 rings (SSSR count). The zero-order valence-corrected chi connectivity index (χ0v) is 13.9. The fourth-order valence-electron chi connectivity index (χ4n) is 2.40. The van der Waals surface area contributed by atoms with E-state index in [1.807, 2.05) is 34.9 Å². The van der Waals surface area contributed by atoms with E-state index in [-0.39, 0.29) is 12.6 Å². The third-order valence-electron chi connectivity index (χ3n) is 3.48. The number of halogens is 2. The first kappa shape index (κ1) is 15.8. The van der Waals surface area contributed by atoms with Crippen molar-refractivity contribution in [2.75, 3.05) is 0 Å². The second-order valence-electron chi connectivity index (χ2n) is 5.12. The minimum Gasteiger partial charge on any atom is -0.458 e. The van der Waals surface area contributed by atoms with E-state index in [4.69, 9.17) is 27.9 Å². The molecule has 0 unspecified atom stereocenters. The highest BCUT2D eigenvalue weighted by molar-refractivity contribution is 6.35. The van der Waals surface area contributed by atoms with E-state index in [1.165, 1.54) is 6.92 Å². The topological polar surface area (TPSA) is 44.1 Å². The second kappa shape index (κ2) is 6.60. The Labute approximate surface area is 143 Å². The van der Waals surface area contributed by atoms with Gasteiger partial charge in [0.25, 0.3) is 0 Å². The molecular formula is C17H14Cl2N2O2. The largest absolute Gasteiger partial charge is 0.458 e. The predicted molar refractivity (Wildman–Crippen MR) is 90.8 cm³/mol. The van der Waals surface area contributed by atoms with Crippen molar-refractivity contribution in [3.05, 3.63) is 63.9 Å². The number of para-hydroxylation sites is 2. The molecule has 2 aromatic carbocycles. The van der Waals surface area contributed by atoms with E-state index in [1.54, 1.807) is 12.1 Å². The van der Waals surface area contributed by atoms with E-state index < -0.39 is 0 Å². The standard InChI is InChI=1S/C17H14Cl2N2O2/c1-11(22)23-10-17-20-15-4-2-3-5-16(15)21(17)9-12-6-7-13(18)8-14(12)19/h2-8H,9-10H2,1H3. The Morgan fingerprint density at radius 2 is 2.00 bits per heavy atom. The monoisotopic (exact) mass is 348 g/mol. The van der Waals surface area contributed by atoms with Gasteiger partial charge in [0.15, 0.2) is 0 Å². The third kappa shape index (κ3) is 3.49. The summed E-state index contributed by atoms with van der Waals surface area (Å²) in [6.07, 6.45) is 0. The van der Waals surface area contributed by atoms with Gasteiger partial charge in [-0.3, -0.25) is 4.79 Å². The summed E-state index contributed by atoms with van der Waals surface area (Å²) < 4.78 is 7.10. The zero-order chi connectivity index (χ0) is 16.4. The van der Waals surface area contributed by atoms with Crippen LogP contribution in [-0.4, -0.2) is 15.5 Å². The van der Waals surface area contributed by atoms with Crippen molar-refractivity contribution < 1.29 is 9.53 Å². The molecule has 1 heterocycles. The number of esters is 1. The lowest BCUT2D eigenvalue weighted by Gasteiger charge is -2.11. The Morgan fingerprint density at radius 3 is 2.74 bits per heavy atom. The van der Waals surface area contributed by atoms with Crippen molar-refractivity contribution in [3.63, 3.8) is 0 Å². The van der Waals surface area contributed by atoms with Crippen LogP contribution in [0.15, 0.2) is 42.5 Å². The molecule has 23 heavy (non-hydrogen) atoms. The first-order valence-corrected chi connectivity index (χ1v) is 7.81. The van der Waals surface area contributed by atoms with E-state index in [0.29, 0.717) is 22.4 Å². The van der Waals surface area contributed by atoms with E-state index in [0.717, 1.165) is 16.6 Å². The fourth-order valence-corrected chi connectivity index (χ4v) is 2.87. The van der Waals surface area contributed by atoms with Gasteiger partial charge in [-0.25, -0.2) is 4.98 Å². The lowest BCUT2D eigenvalue weighted by molar-refractivity contribution is -0.142. The quantitative estimate of drug-likeness (QED) is 0.654. The second-order valence-corrected chi connectivity index (χ2v) is 5.96. The van der Waals surface area contributed by atoms with Crippen molar-refractivity contribution in [2.45, 2.75) is 20.1 Å². The van der Waals surface area contributed by atoms with Crippen molar-refractivity contribution in [1.29, 1.82) is 0 Å². The van der Waals surface area contributed by atoms with Crippen molar-refractivity contribution in [1.82, 2.24) is 9.55 Å². The SMILES string of the molecule is CC(=O)OCc1nc2ccccc2n1Cc1ccc(Cl)cc1Cl. The summed E-state index contributed by atoms with van der Waals surface area (Å²) >= 11 is 12.2. The van der Waals surface area contributed by atoms with Crippen LogP contribution < -0.4 is 0 Å². The van der Waals surface area contributed by atoms with Gasteiger partial charge in [-0.2, -0.15) is 0 Å². The summed E-state index contributed by atoms with van der Waals surface area (Å²) in [4.78, 5) is 15.6. The van der Waals surface area contributed by atoms with E-state index >= 15 is 0 Å². The summed E-state index contributed by atoms with van der Waals surface area (Å²) in [5.41, 5.74) is 2.73. The van der Waals surface area contributed by atoms with Gasteiger partial charge in [0.2, 0.25) is 0 Å². The molecule has 0 spiro atoms. The molecular weight excluding hydrogens is 335 g/mol. The number of hydrogen-bond donors (Lipinski definition) is 0. The molecule has 0 aliphatic heterocycles. The van der Waals surface area contributed by atoms with Crippen LogP contribution in [-0.2, 0) is 22.7 Å². The van der Waals surface area contributed by atoms with Gasteiger partial charge in [-0.1, -0.05) is 41.4 Å². The van der Waals surface area contributed by atoms with Crippen LogP contribution in [0.2, 0.25) is 10.0 Å². The number of nitrogens with zero attached hydrogens (tertiary/aromatic N) is 2. The molecule has 118 valence electrons. The maximum atomic E-state index is 11.1. The van der Waals surface area contributed by atoms with E-state index in [9.17, 15) is 4.79 Å². The molecule has 3 aromatic rings. The molecule has 4 nitrogen and oxygen atoms in total. The number of rotatable bonds is 4. The summed E-state index contributed by atoms with van der Waals surface area (Å²) in [5.74, 6) is 0.334. The summed E-state index contributed by atoms with van der Waals surface area (Å²) in [6.45, 7) is 2.02. The lowest BCUT2D eigenvalue weighted by atomic mass is 10.2. The highest BCUT2D eigenvalue weighted by Gasteiger charge is 2.13. The lowest BCUT2D eigenvalue weighted by Crippen LogP contribution is -2.09. The average molecular weight is 349 g/mol. The summed E-state index contributed by atoms with van der Waals surface area (Å²) in [5, 5.41) is 1.18. The first-order valence-electron chi connectivity index (χ1n) is 7.06. The van der Waals surface area contributed by atoms with Crippen LogP contribution >= 0.6 is 23.2 Å². The van der Waals surface area contributed by atoms with Gasteiger partial charge in [0, 0.05) is 17.0 Å². The third-order valence-corrected chi connectivity index (χ3v) is 4.07. The van der Waals surface area contributed by atoms with Crippen LogP contribution in [0.5, 0.6) is 0 Å². The predicted octanol–water partition coefficient (Wildman–Crippen LogP) is 4.45. The molecule has 0 aliphatic rings. The molecule has 0 saturated carbocycles. The fraction of sp³-hybridized carbons (Fsp3) is 0.176. The Kier molecular flexibility index (Phi) is 4.55. The number of hydrogen-bond acceptors (Lipinski definition) is 3. The van der Waals surface area contributed by atoms with Crippen LogP contribution in [0.4, 0.5) is 0 Å². The highest BCUT2D eigenvalue weighted by atomic mass is 35.5. The maximum Gasteiger partial charge on any atom is 0.303 e. The Morgan fingerprint density at radius 1 is 1.22 bits per heavy atom. The Bertz CT molecular complexity index is 874. The molecule has 0 atom stereocenters. The first-order chi connectivity index (χ1) is 11.0. The molecule has 0 N–H and O–H groups in total. The van der Waals surface area contributed by atoms with Crippen molar-refractivity contribution in [3.8, 4) is 0 Å². The van der Waals surface area contributed by atoms with Crippen LogP contribution in [0, 0.1) is 0 Å². The number of benzene rings is 2. The smallest absolute Gasteiger partial charge is 0.303 e. The molecule has 1 aromatic heterocycles. The summed E-state index contributed by atoms with van der Waals surface area (Å²) in [7, 11) is 0. The number of carbonyl (C=O) groups is 1. The van der Waals surface area contributed by atoms with E-state index in [2.05, 4.69) is 4.98 Å². The Balaban J connectivity index is 2.03. The average Bonchev–Trinajstić information content (AvgIpc) is 2.86. The molecule has 0 fully saturated rings. The molecule has 6 heteroatoms. The minimum absolute atomic E-state index is 0.120. The molecule has 0 radical (unpaired) electrons. The van der Waals surface area contributed by atoms with Crippen molar-refractivity contribution in [2.24, 2.45) is 0 Å². The molecule has 0 aliphatic carbocycles. The number of fused-ring (bicyclic) bond motifs is 1. The minimum atomic E-state index is -0.340. The highest BCUT2D eigenvalue weighted by Crippen LogP contribution is 2.24. The van der Waals surface area contributed by atoms with Gasteiger partial charge < -0.3 is 9.30 Å². The number of imidazole rings is 1. The van der Waals surface area contributed by atoms with Gasteiger partial charge >= 0.3 is 5.97 Å². The zero-order valence-electron chi connectivity index (χ0n) is 12.4. The van der Waals surface area contributed by atoms with Gasteiger partial charge in [-0.05, 0) is 29.8 Å². The molecule has 0 saturated heterocycles. The maximum absolute atomic E-state index is 11.1. The van der Waals surface area contributed by atoms with Gasteiger partial charge in [-0.15, -0.1) is 0 Å². The molecule has 0 bridgehead atoms. The number of carbonyl (C=O) groups excluding carboxylic acids is 1.